The van der Waals surface area contributed by atoms with Gasteiger partial charge in [-0.25, -0.2) is 9.48 Å². The van der Waals surface area contributed by atoms with Crippen LogP contribution in [0, 0.1) is 0 Å². The molecule has 31 heavy (non-hydrogen) atoms. The van der Waals surface area contributed by atoms with Gasteiger partial charge in [0.2, 0.25) is 0 Å². The lowest BCUT2D eigenvalue weighted by Gasteiger charge is -2.14. The predicted octanol–water partition coefficient (Wildman–Crippen LogP) is 5.84. The number of ether oxygens (including phenoxy) is 1. The summed E-state index contributed by atoms with van der Waals surface area (Å²) in [5, 5.41) is 9.71. The van der Waals surface area contributed by atoms with Crippen molar-refractivity contribution < 1.29 is 22.7 Å². The number of carbonyl (C=O) groups excluding carboxylic acids is 1. The molecule has 0 aliphatic heterocycles. The second-order valence-corrected chi connectivity index (χ2v) is 7.93. The fraction of sp³-hybridized carbons (Fsp3) is 0.273. The predicted molar refractivity (Wildman–Crippen MR) is 113 cm³/mol. The van der Waals surface area contributed by atoms with E-state index in [0.717, 1.165) is 17.8 Å². The van der Waals surface area contributed by atoms with Crippen LogP contribution in [-0.4, -0.2) is 22.9 Å². The molecule has 0 aliphatic rings. The fourth-order valence-electron chi connectivity index (χ4n) is 2.81. The molecule has 6 nitrogen and oxygen atoms in total. The molecule has 2 aromatic carbocycles. The van der Waals surface area contributed by atoms with Gasteiger partial charge in [-0.3, -0.25) is 5.32 Å². The van der Waals surface area contributed by atoms with Gasteiger partial charge in [0.1, 0.15) is 11.6 Å². The number of halogens is 3. The molecule has 0 radical (unpaired) electrons. The first-order chi connectivity index (χ1) is 14.5. The molecule has 0 saturated carbocycles. The molecular formula is C22H23F3N4O2. The topological polar surface area (TPSA) is 68.2 Å². The third kappa shape index (κ3) is 5.36. The standard InChI is InChI=1S/C22H23F3N4O2/c1-21(2,3)18-13-19(29(28-18)16-8-10-17(31-4)11-9-16)27-20(30)26-15-7-5-6-14(12-15)22(23,24)25/h5-13H,1-4H3,(H2,26,27,30). The molecule has 0 aliphatic carbocycles. The number of methoxy groups -OCH3 is 1. The molecule has 164 valence electrons. The van der Waals surface area contributed by atoms with Crippen molar-refractivity contribution in [3.05, 3.63) is 65.9 Å². The van der Waals surface area contributed by atoms with E-state index < -0.39 is 17.8 Å². The van der Waals surface area contributed by atoms with Crippen molar-refractivity contribution in [2.45, 2.75) is 32.4 Å². The summed E-state index contributed by atoms with van der Waals surface area (Å²) in [5.41, 5.74) is 0.317. The summed E-state index contributed by atoms with van der Waals surface area (Å²) in [6.07, 6.45) is -4.50. The number of hydrogen-bond donors (Lipinski definition) is 2. The highest BCUT2D eigenvalue weighted by atomic mass is 19.4. The molecule has 3 rings (SSSR count). The van der Waals surface area contributed by atoms with Crippen LogP contribution in [0.1, 0.15) is 32.0 Å². The van der Waals surface area contributed by atoms with Crippen molar-refractivity contribution in [3.63, 3.8) is 0 Å². The average Bonchev–Trinajstić information content (AvgIpc) is 3.11. The zero-order valence-electron chi connectivity index (χ0n) is 17.5. The lowest BCUT2D eigenvalue weighted by Crippen LogP contribution is -2.21. The summed E-state index contributed by atoms with van der Waals surface area (Å²) < 4.78 is 45.5. The maximum absolute atomic E-state index is 12.9. The van der Waals surface area contributed by atoms with Crippen LogP contribution < -0.4 is 15.4 Å². The Kier molecular flexibility index (Phi) is 5.97. The van der Waals surface area contributed by atoms with Gasteiger partial charge in [-0.1, -0.05) is 26.8 Å². The summed E-state index contributed by atoms with van der Waals surface area (Å²) in [6.45, 7) is 5.96. The number of amides is 2. The van der Waals surface area contributed by atoms with Crippen molar-refractivity contribution in [1.29, 1.82) is 0 Å². The van der Waals surface area contributed by atoms with Crippen LogP contribution in [0.25, 0.3) is 5.69 Å². The third-order valence-corrected chi connectivity index (χ3v) is 4.48. The van der Waals surface area contributed by atoms with Gasteiger partial charge in [-0.2, -0.15) is 18.3 Å². The van der Waals surface area contributed by atoms with E-state index in [1.165, 1.54) is 12.1 Å². The number of carbonyl (C=O) groups is 1. The number of benzene rings is 2. The van der Waals surface area contributed by atoms with E-state index in [1.54, 1.807) is 42.1 Å². The quantitative estimate of drug-likeness (QED) is 0.544. The smallest absolute Gasteiger partial charge is 0.416 e. The number of nitrogens with zero attached hydrogens (tertiary/aromatic N) is 2. The largest absolute Gasteiger partial charge is 0.497 e. The third-order valence-electron chi connectivity index (χ3n) is 4.48. The Morgan fingerprint density at radius 3 is 2.26 bits per heavy atom. The first-order valence-corrected chi connectivity index (χ1v) is 9.47. The Bertz CT molecular complexity index is 1070. The molecule has 1 heterocycles. The normalized spacial score (nSPS) is 11.8. The SMILES string of the molecule is COc1ccc(-n2nc(C(C)(C)C)cc2NC(=O)Nc2cccc(C(F)(F)F)c2)cc1. The first-order valence-electron chi connectivity index (χ1n) is 9.47. The second kappa shape index (κ2) is 8.33. The minimum Gasteiger partial charge on any atom is -0.497 e. The van der Waals surface area contributed by atoms with Crippen LogP contribution in [0.3, 0.4) is 0 Å². The van der Waals surface area contributed by atoms with E-state index in [4.69, 9.17) is 4.74 Å². The number of nitrogens with one attached hydrogen (secondary N) is 2. The molecule has 0 atom stereocenters. The molecule has 0 unspecified atom stereocenters. The molecule has 0 saturated heterocycles. The number of rotatable bonds is 4. The summed E-state index contributed by atoms with van der Waals surface area (Å²) >= 11 is 0. The Labute approximate surface area is 178 Å². The number of urea groups is 1. The van der Waals surface area contributed by atoms with Crippen molar-refractivity contribution in [1.82, 2.24) is 9.78 Å². The first kappa shape index (κ1) is 22.2. The van der Waals surface area contributed by atoms with Crippen LogP contribution >= 0.6 is 0 Å². The highest BCUT2D eigenvalue weighted by molar-refractivity contribution is 5.99. The molecule has 0 spiro atoms. The minimum atomic E-state index is -4.50. The lowest BCUT2D eigenvalue weighted by molar-refractivity contribution is -0.137. The average molecular weight is 432 g/mol. The molecule has 3 aromatic rings. The van der Waals surface area contributed by atoms with Crippen LogP contribution in [0.4, 0.5) is 29.5 Å². The van der Waals surface area contributed by atoms with Gasteiger partial charge in [-0.15, -0.1) is 0 Å². The molecule has 9 heteroatoms. The van der Waals surface area contributed by atoms with Gasteiger partial charge in [-0.05, 0) is 42.5 Å². The van der Waals surface area contributed by atoms with E-state index in [9.17, 15) is 18.0 Å². The highest BCUT2D eigenvalue weighted by Crippen LogP contribution is 2.31. The Morgan fingerprint density at radius 2 is 1.68 bits per heavy atom. The molecule has 0 fully saturated rings. The van der Waals surface area contributed by atoms with Crippen molar-refractivity contribution >= 4 is 17.5 Å². The van der Waals surface area contributed by atoms with Gasteiger partial charge in [0.15, 0.2) is 0 Å². The zero-order chi connectivity index (χ0) is 22.8. The van der Waals surface area contributed by atoms with E-state index in [0.29, 0.717) is 17.3 Å². The van der Waals surface area contributed by atoms with E-state index in [1.807, 2.05) is 20.8 Å². The maximum atomic E-state index is 12.9. The zero-order valence-corrected chi connectivity index (χ0v) is 17.5. The van der Waals surface area contributed by atoms with Crippen LogP contribution in [0.5, 0.6) is 5.75 Å². The van der Waals surface area contributed by atoms with Crippen molar-refractivity contribution in [2.75, 3.05) is 17.7 Å². The Balaban J connectivity index is 1.87. The van der Waals surface area contributed by atoms with Gasteiger partial charge < -0.3 is 10.1 Å². The molecule has 1 aromatic heterocycles. The van der Waals surface area contributed by atoms with Crippen LogP contribution in [0.15, 0.2) is 54.6 Å². The molecule has 0 bridgehead atoms. The number of alkyl halides is 3. The number of anilines is 2. The highest BCUT2D eigenvalue weighted by Gasteiger charge is 2.30. The fourth-order valence-corrected chi connectivity index (χ4v) is 2.81. The Morgan fingerprint density at radius 1 is 1.00 bits per heavy atom. The number of aromatic nitrogens is 2. The van der Waals surface area contributed by atoms with Gasteiger partial charge >= 0.3 is 12.2 Å². The molecular weight excluding hydrogens is 409 g/mol. The summed E-state index contributed by atoms with van der Waals surface area (Å²) in [6, 6.07) is 12.6. The summed E-state index contributed by atoms with van der Waals surface area (Å²) in [5.74, 6) is 1.04. The van der Waals surface area contributed by atoms with Gasteiger partial charge in [0, 0.05) is 17.2 Å². The van der Waals surface area contributed by atoms with Crippen molar-refractivity contribution in [2.24, 2.45) is 0 Å². The van der Waals surface area contributed by atoms with E-state index in [2.05, 4.69) is 15.7 Å². The van der Waals surface area contributed by atoms with Crippen LogP contribution in [-0.2, 0) is 11.6 Å². The van der Waals surface area contributed by atoms with Crippen molar-refractivity contribution in [3.8, 4) is 11.4 Å². The lowest BCUT2D eigenvalue weighted by atomic mass is 9.92. The number of hydrogen-bond acceptors (Lipinski definition) is 3. The maximum Gasteiger partial charge on any atom is 0.416 e. The monoisotopic (exact) mass is 432 g/mol. The van der Waals surface area contributed by atoms with E-state index >= 15 is 0 Å². The molecule has 2 N–H and O–H groups in total. The Hall–Kier alpha value is -3.49. The molecule has 2 amide bonds. The minimum absolute atomic E-state index is 0.0267. The van der Waals surface area contributed by atoms with Gasteiger partial charge in [0.25, 0.3) is 0 Å². The summed E-state index contributed by atoms with van der Waals surface area (Å²) in [7, 11) is 1.56. The second-order valence-electron chi connectivity index (χ2n) is 7.93. The van der Waals surface area contributed by atoms with E-state index in [-0.39, 0.29) is 11.1 Å². The van der Waals surface area contributed by atoms with Crippen LogP contribution in [0.2, 0.25) is 0 Å². The summed E-state index contributed by atoms with van der Waals surface area (Å²) in [4.78, 5) is 12.5. The van der Waals surface area contributed by atoms with Gasteiger partial charge in [0.05, 0.1) is 24.1 Å².